The molecule has 0 saturated heterocycles. The molecular formula is C13H17ClO2. The normalized spacial score (nSPS) is 12.4. The molecule has 0 fully saturated rings. The number of methoxy groups -OCH3 is 1. The van der Waals surface area contributed by atoms with Crippen LogP contribution in [0.15, 0.2) is 24.3 Å². The first-order valence-electron chi connectivity index (χ1n) is 5.40. The van der Waals surface area contributed by atoms with Crippen molar-refractivity contribution in [2.45, 2.75) is 19.8 Å². The van der Waals surface area contributed by atoms with Gasteiger partial charge in [0, 0.05) is 31.1 Å². The molecule has 3 heteroatoms. The maximum atomic E-state index is 11.9. The van der Waals surface area contributed by atoms with Gasteiger partial charge in [-0.2, -0.15) is 0 Å². The molecule has 1 atom stereocenters. The molecule has 0 N–H and O–H groups in total. The van der Waals surface area contributed by atoms with E-state index >= 15 is 0 Å². The van der Waals surface area contributed by atoms with Gasteiger partial charge in [0.2, 0.25) is 0 Å². The molecule has 0 heterocycles. The van der Waals surface area contributed by atoms with Crippen LogP contribution in [0.2, 0.25) is 5.02 Å². The summed E-state index contributed by atoms with van der Waals surface area (Å²) in [6.07, 6.45) is 1.17. The van der Waals surface area contributed by atoms with E-state index in [0.29, 0.717) is 18.1 Å². The van der Waals surface area contributed by atoms with Crippen LogP contribution in [-0.4, -0.2) is 19.5 Å². The van der Waals surface area contributed by atoms with Crippen molar-refractivity contribution in [3.8, 4) is 0 Å². The highest BCUT2D eigenvalue weighted by atomic mass is 35.5. The van der Waals surface area contributed by atoms with Crippen LogP contribution in [0.4, 0.5) is 0 Å². The first-order valence-corrected chi connectivity index (χ1v) is 5.78. The molecule has 0 spiro atoms. The number of ketones is 1. The quantitative estimate of drug-likeness (QED) is 0.764. The zero-order chi connectivity index (χ0) is 12.0. The third-order valence-electron chi connectivity index (χ3n) is 2.63. The first-order chi connectivity index (χ1) is 7.65. The van der Waals surface area contributed by atoms with Crippen LogP contribution in [0, 0.1) is 5.92 Å². The molecule has 0 aliphatic heterocycles. The average Bonchev–Trinajstić information content (AvgIpc) is 2.28. The molecule has 2 nitrogen and oxygen atoms in total. The van der Waals surface area contributed by atoms with Gasteiger partial charge in [-0.25, -0.2) is 0 Å². The van der Waals surface area contributed by atoms with Crippen LogP contribution >= 0.6 is 11.6 Å². The molecule has 0 bridgehead atoms. The van der Waals surface area contributed by atoms with Gasteiger partial charge in [0.25, 0.3) is 0 Å². The van der Waals surface area contributed by atoms with Crippen LogP contribution in [0.1, 0.15) is 18.9 Å². The molecular weight excluding hydrogens is 224 g/mol. The lowest BCUT2D eigenvalue weighted by atomic mass is 9.97. The Kier molecular flexibility index (Phi) is 5.50. The summed E-state index contributed by atoms with van der Waals surface area (Å²) in [5.41, 5.74) is 0.901. The van der Waals surface area contributed by atoms with Crippen molar-refractivity contribution in [3.05, 3.63) is 34.9 Å². The maximum absolute atomic E-state index is 11.9. The second-order valence-electron chi connectivity index (χ2n) is 3.92. The zero-order valence-corrected chi connectivity index (χ0v) is 10.5. The van der Waals surface area contributed by atoms with Crippen LogP contribution in [0.25, 0.3) is 0 Å². The molecule has 0 saturated carbocycles. The molecule has 0 amide bonds. The van der Waals surface area contributed by atoms with Crippen molar-refractivity contribution in [1.29, 1.82) is 0 Å². The van der Waals surface area contributed by atoms with Gasteiger partial charge in [0.1, 0.15) is 5.78 Å². The Bertz CT molecular complexity index is 350. The maximum Gasteiger partial charge on any atom is 0.140 e. The summed E-state index contributed by atoms with van der Waals surface area (Å²) in [4.78, 5) is 11.9. The minimum atomic E-state index is 0.0243. The monoisotopic (exact) mass is 240 g/mol. The number of carbonyl (C=O) groups is 1. The summed E-state index contributed by atoms with van der Waals surface area (Å²) < 4.78 is 4.96. The van der Waals surface area contributed by atoms with E-state index in [9.17, 15) is 4.79 Å². The number of hydrogen-bond acceptors (Lipinski definition) is 2. The van der Waals surface area contributed by atoms with Gasteiger partial charge >= 0.3 is 0 Å². The van der Waals surface area contributed by atoms with Crippen LogP contribution in [0.5, 0.6) is 0 Å². The standard InChI is InChI=1S/C13H17ClO2/c1-10(7-8-16-2)13(15)9-11-5-3-4-6-12(11)14/h3-6,10H,7-9H2,1-2H3. The van der Waals surface area contributed by atoms with Gasteiger partial charge in [0.15, 0.2) is 0 Å². The molecule has 1 aromatic rings. The second kappa shape index (κ2) is 6.66. The lowest BCUT2D eigenvalue weighted by molar-refractivity contribution is -0.122. The third-order valence-corrected chi connectivity index (χ3v) is 3.00. The molecule has 1 rings (SSSR count). The Morgan fingerprint density at radius 3 is 2.75 bits per heavy atom. The number of carbonyl (C=O) groups excluding carboxylic acids is 1. The van der Waals surface area contributed by atoms with Gasteiger partial charge in [0.05, 0.1) is 0 Å². The van der Waals surface area contributed by atoms with Crippen molar-refractivity contribution in [1.82, 2.24) is 0 Å². The molecule has 88 valence electrons. The van der Waals surface area contributed by atoms with Crippen molar-refractivity contribution < 1.29 is 9.53 Å². The zero-order valence-electron chi connectivity index (χ0n) is 9.70. The molecule has 0 radical (unpaired) electrons. The molecule has 0 aliphatic rings. The molecule has 1 unspecified atom stereocenters. The van der Waals surface area contributed by atoms with E-state index in [1.807, 2.05) is 31.2 Å². The highest BCUT2D eigenvalue weighted by molar-refractivity contribution is 6.31. The second-order valence-corrected chi connectivity index (χ2v) is 4.32. The summed E-state index contributed by atoms with van der Waals surface area (Å²) in [6.45, 7) is 2.55. The minimum Gasteiger partial charge on any atom is -0.385 e. The fourth-order valence-electron chi connectivity index (χ4n) is 1.46. The Morgan fingerprint density at radius 1 is 1.44 bits per heavy atom. The van der Waals surface area contributed by atoms with Crippen molar-refractivity contribution >= 4 is 17.4 Å². The van der Waals surface area contributed by atoms with Gasteiger partial charge < -0.3 is 4.74 Å². The largest absolute Gasteiger partial charge is 0.385 e. The van der Waals surface area contributed by atoms with E-state index in [0.717, 1.165) is 12.0 Å². The topological polar surface area (TPSA) is 26.3 Å². The highest BCUT2D eigenvalue weighted by Crippen LogP contribution is 2.17. The number of Topliss-reactive ketones (excluding diaryl/α,β-unsaturated/α-hetero) is 1. The van der Waals surface area contributed by atoms with Gasteiger partial charge in [-0.05, 0) is 18.1 Å². The van der Waals surface area contributed by atoms with Gasteiger partial charge in [-0.3, -0.25) is 4.79 Å². The predicted molar refractivity (Wildman–Crippen MR) is 65.8 cm³/mol. The van der Waals surface area contributed by atoms with E-state index in [4.69, 9.17) is 16.3 Å². The number of halogens is 1. The fraction of sp³-hybridized carbons (Fsp3) is 0.462. The Hall–Kier alpha value is -0.860. The number of hydrogen-bond donors (Lipinski definition) is 0. The number of ether oxygens (including phenoxy) is 1. The SMILES string of the molecule is COCCC(C)C(=O)Cc1ccccc1Cl. The van der Waals surface area contributed by atoms with E-state index in [-0.39, 0.29) is 11.7 Å². The van der Waals surface area contributed by atoms with E-state index in [1.165, 1.54) is 0 Å². The Balaban J connectivity index is 2.54. The summed E-state index contributed by atoms with van der Waals surface area (Å²) in [7, 11) is 1.64. The summed E-state index contributed by atoms with van der Waals surface area (Å²) in [5, 5.41) is 0.662. The first kappa shape index (κ1) is 13.2. The van der Waals surface area contributed by atoms with Crippen LogP contribution in [-0.2, 0) is 16.0 Å². The Morgan fingerprint density at radius 2 is 2.12 bits per heavy atom. The molecule has 0 aliphatic carbocycles. The molecule has 16 heavy (non-hydrogen) atoms. The lowest BCUT2D eigenvalue weighted by Crippen LogP contribution is -2.15. The summed E-state index contributed by atoms with van der Waals surface area (Å²) in [6, 6.07) is 7.46. The van der Waals surface area contributed by atoms with Crippen LogP contribution < -0.4 is 0 Å². The van der Waals surface area contributed by atoms with Crippen molar-refractivity contribution in [2.75, 3.05) is 13.7 Å². The van der Waals surface area contributed by atoms with Crippen LogP contribution in [0.3, 0.4) is 0 Å². The Labute approximate surface area is 102 Å². The van der Waals surface area contributed by atoms with Crippen molar-refractivity contribution in [3.63, 3.8) is 0 Å². The predicted octanol–water partition coefficient (Wildman–Crippen LogP) is 3.12. The summed E-state index contributed by atoms with van der Waals surface area (Å²) >= 11 is 6.00. The molecule has 0 aromatic heterocycles. The average molecular weight is 241 g/mol. The smallest absolute Gasteiger partial charge is 0.140 e. The number of benzene rings is 1. The number of rotatable bonds is 6. The van der Waals surface area contributed by atoms with E-state index < -0.39 is 0 Å². The van der Waals surface area contributed by atoms with Gasteiger partial charge in [-0.1, -0.05) is 36.7 Å². The highest BCUT2D eigenvalue weighted by Gasteiger charge is 2.14. The van der Waals surface area contributed by atoms with Gasteiger partial charge in [-0.15, -0.1) is 0 Å². The summed E-state index contributed by atoms with van der Waals surface area (Å²) in [5.74, 6) is 0.237. The third kappa shape index (κ3) is 3.95. The minimum absolute atomic E-state index is 0.0243. The van der Waals surface area contributed by atoms with E-state index in [1.54, 1.807) is 7.11 Å². The fourth-order valence-corrected chi connectivity index (χ4v) is 1.66. The lowest BCUT2D eigenvalue weighted by Gasteiger charge is -2.10. The van der Waals surface area contributed by atoms with E-state index in [2.05, 4.69) is 0 Å². The van der Waals surface area contributed by atoms with Crippen molar-refractivity contribution in [2.24, 2.45) is 5.92 Å². The molecule has 1 aromatic carbocycles.